The van der Waals surface area contributed by atoms with Gasteiger partial charge in [-0.3, -0.25) is 0 Å². The molecule has 0 saturated heterocycles. The molecule has 2 unspecified atom stereocenters. The van der Waals surface area contributed by atoms with Crippen LogP contribution < -0.4 is 0 Å². The van der Waals surface area contributed by atoms with Gasteiger partial charge in [-0.05, 0) is 33.7 Å². The van der Waals surface area contributed by atoms with E-state index in [4.69, 9.17) is 0 Å². The molecule has 0 rings (SSSR count). The molecule has 0 aliphatic heterocycles. The summed E-state index contributed by atoms with van der Waals surface area (Å²) in [6.45, 7) is 9.47. The zero-order valence-corrected chi connectivity index (χ0v) is 19.3. The largest absolute Gasteiger partial charge is 0.301 e. The molecule has 0 aromatic rings. The lowest BCUT2D eigenvalue weighted by atomic mass is 10.0. The Morgan fingerprint density at radius 2 is 0.731 bits per heavy atom. The molecule has 0 heterocycles. The topological polar surface area (TPSA) is 3.24 Å². The Morgan fingerprint density at radius 3 is 1.04 bits per heavy atom. The third kappa shape index (κ3) is 16.2. The van der Waals surface area contributed by atoms with E-state index in [2.05, 4.69) is 39.6 Å². The Bertz CT molecular complexity index is 237. The molecule has 0 spiro atoms. The highest BCUT2D eigenvalue weighted by Crippen LogP contribution is 2.17. The minimum Gasteiger partial charge on any atom is -0.301 e. The summed E-state index contributed by atoms with van der Waals surface area (Å²) < 4.78 is 0. The van der Waals surface area contributed by atoms with Crippen LogP contribution in [0.1, 0.15) is 143 Å². The van der Waals surface area contributed by atoms with Crippen molar-refractivity contribution in [2.45, 2.75) is 155 Å². The number of unbranched alkanes of at least 4 members (excludes halogenated alkanes) is 14. The van der Waals surface area contributed by atoms with Gasteiger partial charge in [-0.25, -0.2) is 0 Å². The van der Waals surface area contributed by atoms with Crippen molar-refractivity contribution in [2.75, 3.05) is 7.05 Å². The SMILES string of the molecule is CCCCCCCCCCC(C)N(C)C(C)CCCCCCCCCC. The van der Waals surface area contributed by atoms with Crippen molar-refractivity contribution < 1.29 is 0 Å². The fraction of sp³-hybridized carbons (Fsp3) is 1.00. The number of hydrogen-bond acceptors (Lipinski definition) is 1. The van der Waals surface area contributed by atoms with Crippen molar-refractivity contribution in [1.82, 2.24) is 4.90 Å². The van der Waals surface area contributed by atoms with E-state index in [1.807, 2.05) is 0 Å². The average molecular weight is 368 g/mol. The molecule has 1 nitrogen and oxygen atoms in total. The maximum atomic E-state index is 2.64. The smallest absolute Gasteiger partial charge is 0.00666 e. The Hall–Kier alpha value is -0.0400. The van der Waals surface area contributed by atoms with Crippen LogP contribution in [0.3, 0.4) is 0 Å². The summed E-state index contributed by atoms with van der Waals surface area (Å²) in [5, 5.41) is 0. The zero-order valence-electron chi connectivity index (χ0n) is 19.3. The van der Waals surface area contributed by atoms with Crippen LogP contribution in [0.5, 0.6) is 0 Å². The molecule has 0 amide bonds. The molecule has 0 fully saturated rings. The third-order valence-corrected chi connectivity index (χ3v) is 6.34. The van der Waals surface area contributed by atoms with E-state index >= 15 is 0 Å². The van der Waals surface area contributed by atoms with E-state index in [0.29, 0.717) is 0 Å². The van der Waals surface area contributed by atoms with Crippen molar-refractivity contribution >= 4 is 0 Å². The molecular weight excluding hydrogens is 314 g/mol. The van der Waals surface area contributed by atoms with Crippen molar-refractivity contribution in [3.05, 3.63) is 0 Å². The van der Waals surface area contributed by atoms with E-state index in [9.17, 15) is 0 Å². The molecule has 0 saturated carbocycles. The third-order valence-electron chi connectivity index (χ3n) is 6.34. The van der Waals surface area contributed by atoms with Gasteiger partial charge in [-0.1, -0.05) is 117 Å². The summed E-state index contributed by atoms with van der Waals surface area (Å²) in [7, 11) is 2.35. The van der Waals surface area contributed by atoms with Crippen molar-refractivity contribution in [1.29, 1.82) is 0 Å². The molecule has 26 heavy (non-hydrogen) atoms. The van der Waals surface area contributed by atoms with E-state index in [1.54, 1.807) is 0 Å². The van der Waals surface area contributed by atoms with Gasteiger partial charge in [-0.15, -0.1) is 0 Å². The van der Waals surface area contributed by atoms with Crippen molar-refractivity contribution in [3.63, 3.8) is 0 Å². The molecule has 2 atom stereocenters. The monoisotopic (exact) mass is 367 g/mol. The standard InChI is InChI=1S/C25H53N/c1-6-8-10-12-14-16-18-20-22-24(3)26(5)25(4)23-21-19-17-15-13-11-9-7-2/h24-25H,6-23H2,1-5H3. The minimum atomic E-state index is 0.749. The molecule has 0 N–H and O–H groups in total. The molecule has 0 aliphatic rings. The molecule has 0 radical (unpaired) electrons. The Kier molecular flexibility index (Phi) is 19.7. The van der Waals surface area contributed by atoms with Crippen LogP contribution >= 0.6 is 0 Å². The van der Waals surface area contributed by atoms with E-state index < -0.39 is 0 Å². The predicted octanol–water partition coefficient (Wildman–Crippen LogP) is 8.76. The first-order valence-corrected chi connectivity index (χ1v) is 12.3. The Balaban J connectivity index is 3.52. The first kappa shape index (κ1) is 26.0. The van der Waals surface area contributed by atoms with Gasteiger partial charge in [0.25, 0.3) is 0 Å². The Labute approximate surface area is 167 Å². The molecule has 1 heteroatoms. The van der Waals surface area contributed by atoms with Crippen LogP contribution in [0, 0.1) is 0 Å². The van der Waals surface area contributed by atoms with Gasteiger partial charge in [0.05, 0.1) is 0 Å². The van der Waals surface area contributed by atoms with Gasteiger partial charge >= 0.3 is 0 Å². The molecule has 0 aliphatic carbocycles. The zero-order chi connectivity index (χ0) is 19.5. The first-order valence-electron chi connectivity index (χ1n) is 12.3. The Morgan fingerprint density at radius 1 is 0.462 bits per heavy atom. The van der Waals surface area contributed by atoms with Crippen LogP contribution in [0.25, 0.3) is 0 Å². The van der Waals surface area contributed by atoms with E-state index in [-0.39, 0.29) is 0 Å². The molecule has 0 aromatic carbocycles. The van der Waals surface area contributed by atoms with Crippen molar-refractivity contribution in [3.8, 4) is 0 Å². The van der Waals surface area contributed by atoms with Crippen LogP contribution in [-0.4, -0.2) is 24.0 Å². The van der Waals surface area contributed by atoms with Gasteiger partial charge in [-0.2, -0.15) is 0 Å². The highest BCUT2D eigenvalue weighted by Gasteiger charge is 2.15. The second-order valence-corrected chi connectivity index (χ2v) is 8.89. The van der Waals surface area contributed by atoms with Crippen LogP contribution in [-0.2, 0) is 0 Å². The van der Waals surface area contributed by atoms with E-state index in [0.717, 1.165) is 12.1 Å². The van der Waals surface area contributed by atoms with Crippen LogP contribution in [0.15, 0.2) is 0 Å². The lowest BCUT2D eigenvalue weighted by molar-refractivity contribution is 0.173. The molecule has 0 aromatic heterocycles. The highest BCUT2D eigenvalue weighted by atomic mass is 15.1. The normalized spacial score (nSPS) is 14.1. The van der Waals surface area contributed by atoms with Crippen molar-refractivity contribution in [2.24, 2.45) is 0 Å². The fourth-order valence-corrected chi connectivity index (χ4v) is 3.99. The molecular formula is C25H53N. The van der Waals surface area contributed by atoms with Crippen LogP contribution in [0.4, 0.5) is 0 Å². The summed E-state index contributed by atoms with van der Waals surface area (Å²) >= 11 is 0. The summed E-state index contributed by atoms with van der Waals surface area (Å²) in [5.41, 5.74) is 0. The van der Waals surface area contributed by atoms with Gasteiger partial charge in [0.15, 0.2) is 0 Å². The van der Waals surface area contributed by atoms with Gasteiger partial charge in [0, 0.05) is 12.1 Å². The summed E-state index contributed by atoms with van der Waals surface area (Å²) in [6.07, 6.45) is 25.7. The second kappa shape index (κ2) is 19.7. The maximum Gasteiger partial charge on any atom is 0.00666 e. The molecule has 0 bridgehead atoms. The summed E-state index contributed by atoms with van der Waals surface area (Å²) in [6, 6.07) is 1.50. The summed E-state index contributed by atoms with van der Waals surface area (Å²) in [4.78, 5) is 2.64. The quantitative estimate of drug-likeness (QED) is 0.194. The van der Waals surface area contributed by atoms with Crippen LogP contribution in [0.2, 0.25) is 0 Å². The molecule has 158 valence electrons. The predicted molar refractivity (Wildman–Crippen MR) is 121 cm³/mol. The van der Waals surface area contributed by atoms with Gasteiger partial charge in [0.2, 0.25) is 0 Å². The van der Waals surface area contributed by atoms with Gasteiger partial charge < -0.3 is 4.90 Å². The average Bonchev–Trinajstić information content (AvgIpc) is 2.65. The maximum absolute atomic E-state index is 2.64. The lowest BCUT2D eigenvalue weighted by Crippen LogP contribution is -2.36. The number of rotatable bonds is 20. The van der Waals surface area contributed by atoms with Gasteiger partial charge in [0.1, 0.15) is 0 Å². The minimum absolute atomic E-state index is 0.749. The number of hydrogen-bond donors (Lipinski definition) is 0. The first-order chi connectivity index (χ1) is 12.6. The highest BCUT2D eigenvalue weighted by molar-refractivity contribution is 4.70. The number of nitrogens with zero attached hydrogens (tertiary/aromatic N) is 1. The lowest BCUT2D eigenvalue weighted by Gasteiger charge is -2.31. The van der Waals surface area contributed by atoms with E-state index in [1.165, 1.54) is 116 Å². The second-order valence-electron chi connectivity index (χ2n) is 8.89. The summed E-state index contributed by atoms with van der Waals surface area (Å²) in [5.74, 6) is 0. The fourth-order valence-electron chi connectivity index (χ4n) is 3.99.